The lowest BCUT2D eigenvalue weighted by Crippen LogP contribution is -2.35. The lowest BCUT2D eigenvalue weighted by atomic mass is 10.0. The van der Waals surface area contributed by atoms with Crippen LogP contribution >= 0.6 is 11.3 Å². The molecule has 164 valence electrons. The van der Waals surface area contributed by atoms with Crippen LogP contribution in [0.5, 0.6) is 0 Å². The third-order valence-corrected chi connectivity index (χ3v) is 6.55. The number of thiophene rings is 1. The molecule has 0 spiro atoms. The topological polar surface area (TPSA) is 70.7 Å². The molecular weight excluding hydrogens is 404 g/mol. The van der Waals surface area contributed by atoms with E-state index in [1.165, 1.54) is 4.88 Å². The monoisotopic (exact) mass is 436 g/mol. The molecule has 1 atom stereocenters. The zero-order valence-electron chi connectivity index (χ0n) is 18.9. The summed E-state index contributed by atoms with van der Waals surface area (Å²) in [4.78, 5) is 19.1. The van der Waals surface area contributed by atoms with Crippen molar-refractivity contribution in [2.24, 2.45) is 5.92 Å². The Morgan fingerprint density at radius 3 is 2.65 bits per heavy atom. The molecule has 5 nitrogen and oxygen atoms in total. The highest BCUT2D eigenvalue weighted by atomic mass is 32.1. The summed E-state index contributed by atoms with van der Waals surface area (Å²) in [5.74, 6) is 1.32. The number of carbonyl (C=O) groups is 1. The van der Waals surface area contributed by atoms with E-state index in [1.54, 1.807) is 11.3 Å². The van der Waals surface area contributed by atoms with Gasteiger partial charge in [-0.3, -0.25) is 4.79 Å². The van der Waals surface area contributed by atoms with E-state index in [-0.39, 0.29) is 11.9 Å². The van der Waals surface area contributed by atoms with Crippen molar-refractivity contribution in [3.8, 4) is 6.07 Å². The number of rotatable bonds is 10. The molecule has 2 aromatic heterocycles. The quantitative estimate of drug-likeness (QED) is 0.417. The van der Waals surface area contributed by atoms with E-state index in [0.29, 0.717) is 23.9 Å². The fraction of sp³-hybridized carbons (Fsp3) is 0.480. The van der Waals surface area contributed by atoms with E-state index in [2.05, 4.69) is 61.2 Å². The number of nitrogens with one attached hydrogen (secondary N) is 1. The molecule has 0 aliphatic heterocycles. The molecule has 2 heterocycles. The number of nitriles is 1. The molecule has 6 heteroatoms. The Kier molecular flexibility index (Phi) is 7.86. The minimum absolute atomic E-state index is 0.135. The van der Waals surface area contributed by atoms with E-state index in [4.69, 9.17) is 10.2 Å². The number of hydrogen-bond acceptors (Lipinski definition) is 4. The van der Waals surface area contributed by atoms with Crippen molar-refractivity contribution in [1.29, 1.82) is 5.26 Å². The first-order chi connectivity index (χ1) is 15.0. The molecule has 1 amide bonds. The van der Waals surface area contributed by atoms with Crippen LogP contribution in [-0.2, 0) is 6.42 Å². The molecule has 0 bridgehead atoms. The van der Waals surface area contributed by atoms with Crippen molar-refractivity contribution in [3.63, 3.8) is 0 Å². The highest BCUT2D eigenvalue weighted by Gasteiger charge is 2.20. The summed E-state index contributed by atoms with van der Waals surface area (Å²) in [6.07, 6.45) is 3.97. The lowest BCUT2D eigenvalue weighted by molar-refractivity contribution is 0.0933. The van der Waals surface area contributed by atoms with Gasteiger partial charge in [0.05, 0.1) is 23.5 Å². The van der Waals surface area contributed by atoms with Gasteiger partial charge in [0.15, 0.2) is 0 Å². The molecule has 0 radical (unpaired) electrons. The van der Waals surface area contributed by atoms with Crippen LogP contribution < -0.4 is 5.32 Å². The van der Waals surface area contributed by atoms with Gasteiger partial charge in [0, 0.05) is 28.9 Å². The number of imidazole rings is 1. The van der Waals surface area contributed by atoms with E-state index >= 15 is 0 Å². The zero-order valence-corrected chi connectivity index (χ0v) is 19.7. The van der Waals surface area contributed by atoms with Crippen LogP contribution in [0.3, 0.4) is 0 Å². The number of fused-ring (bicyclic) bond motifs is 1. The van der Waals surface area contributed by atoms with E-state index in [9.17, 15) is 4.79 Å². The molecule has 3 rings (SSSR count). The van der Waals surface area contributed by atoms with Crippen molar-refractivity contribution < 1.29 is 4.79 Å². The van der Waals surface area contributed by atoms with Crippen LogP contribution in [0.4, 0.5) is 0 Å². The minimum atomic E-state index is -0.139. The second kappa shape index (κ2) is 10.6. The first-order valence-electron chi connectivity index (χ1n) is 11.2. The number of nitrogens with zero attached hydrogens (tertiary/aromatic N) is 3. The standard InChI is InChI=1S/C25H32N4OS/c1-5-20(6-2)29-23-10-9-18(25(30)27-19(11-12-26)14-17(3)4)15-22(23)28-24(29)16-21-8-7-13-31-21/h7-10,13,15,17,19-20H,5-6,11,14,16H2,1-4H3,(H,27,30)/t19-/m1/s1. The van der Waals surface area contributed by atoms with Gasteiger partial charge in [0.25, 0.3) is 5.91 Å². The van der Waals surface area contributed by atoms with E-state index in [0.717, 1.165) is 42.5 Å². The van der Waals surface area contributed by atoms with Crippen molar-refractivity contribution in [1.82, 2.24) is 14.9 Å². The van der Waals surface area contributed by atoms with Crippen molar-refractivity contribution in [2.45, 2.75) is 71.9 Å². The Balaban J connectivity index is 1.94. The van der Waals surface area contributed by atoms with Crippen LogP contribution in [0.25, 0.3) is 11.0 Å². The molecule has 1 N–H and O–H groups in total. The second-order valence-corrected chi connectivity index (χ2v) is 9.52. The third-order valence-electron chi connectivity index (χ3n) is 5.67. The lowest BCUT2D eigenvalue weighted by Gasteiger charge is -2.19. The summed E-state index contributed by atoms with van der Waals surface area (Å²) in [5, 5.41) is 14.2. The Morgan fingerprint density at radius 2 is 2.03 bits per heavy atom. The highest BCUT2D eigenvalue weighted by molar-refractivity contribution is 7.09. The molecule has 0 aliphatic rings. The number of carbonyl (C=O) groups excluding carboxylic acids is 1. The van der Waals surface area contributed by atoms with Crippen LogP contribution in [0.1, 0.15) is 80.5 Å². The summed E-state index contributed by atoms with van der Waals surface area (Å²) >= 11 is 1.74. The summed E-state index contributed by atoms with van der Waals surface area (Å²) < 4.78 is 2.36. The fourth-order valence-electron chi connectivity index (χ4n) is 4.19. The maximum absolute atomic E-state index is 12.9. The SMILES string of the molecule is CCC(CC)n1c(Cc2cccs2)nc2cc(C(=O)N[C@H](CC#N)CC(C)C)ccc21. The van der Waals surface area contributed by atoms with Gasteiger partial charge in [-0.05, 0) is 54.8 Å². The largest absolute Gasteiger partial charge is 0.348 e. The maximum Gasteiger partial charge on any atom is 0.251 e. The maximum atomic E-state index is 12.9. The summed E-state index contributed by atoms with van der Waals surface area (Å²) in [6, 6.07) is 12.4. The van der Waals surface area contributed by atoms with Crippen LogP contribution in [-0.4, -0.2) is 21.5 Å². The molecule has 1 aromatic carbocycles. The normalized spacial score (nSPS) is 12.4. The second-order valence-electron chi connectivity index (χ2n) is 8.49. The molecule has 0 aliphatic carbocycles. The average molecular weight is 437 g/mol. The number of aromatic nitrogens is 2. The highest BCUT2D eigenvalue weighted by Crippen LogP contribution is 2.28. The molecule has 0 saturated heterocycles. The van der Waals surface area contributed by atoms with Gasteiger partial charge in [-0.25, -0.2) is 4.98 Å². The van der Waals surface area contributed by atoms with Gasteiger partial charge in [0.1, 0.15) is 5.82 Å². The summed E-state index contributed by atoms with van der Waals surface area (Å²) in [7, 11) is 0. The van der Waals surface area contributed by atoms with Gasteiger partial charge in [0.2, 0.25) is 0 Å². The predicted octanol–water partition coefficient (Wildman–Crippen LogP) is 6.11. The van der Waals surface area contributed by atoms with E-state index in [1.807, 2.05) is 18.2 Å². The third kappa shape index (κ3) is 5.54. The van der Waals surface area contributed by atoms with Gasteiger partial charge >= 0.3 is 0 Å². The van der Waals surface area contributed by atoms with Crippen LogP contribution in [0.2, 0.25) is 0 Å². The Hall–Kier alpha value is -2.65. The van der Waals surface area contributed by atoms with E-state index < -0.39 is 0 Å². The predicted molar refractivity (Wildman–Crippen MR) is 127 cm³/mol. The van der Waals surface area contributed by atoms with Crippen LogP contribution in [0.15, 0.2) is 35.7 Å². The molecule has 0 unspecified atom stereocenters. The number of benzene rings is 1. The van der Waals surface area contributed by atoms with Crippen LogP contribution in [0, 0.1) is 17.2 Å². The molecule has 0 saturated carbocycles. The number of amides is 1. The number of hydrogen-bond donors (Lipinski definition) is 1. The minimum Gasteiger partial charge on any atom is -0.348 e. The first-order valence-corrected chi connectivity index (χ1v) is 12.1. The fourth-order valence-corrected chi connectivity index (χ4v) is 4.89. The molecule has 3 aromatic rings. The smallest absolute Gasteiger partial charge is 0.251 e. The van der Waals surface area contributed by atoms with Crippen molar-refractivity contribution in [3.05, 3.63) is 52.0 Å². The molecular formula is C25H32N4OS. The Morgan fingerprint density at radius 1 is 1.26 bits per heavy atom. The van der Waals surface area contributed by atoms with Gasteiger partial charge in [-0.1, -0.05) is 33.8 Å². The Labute approximate surface area is 189 Å². The summed E-state index contributed by atoms with van der Waals surface area (Å²) in [6.45, 7) is 8.62. The van der Waals surface area contributed by atoms with Crippen molar-refractivity contribution >= 4 is 28.3 Å². The average Bonchev–Trinajstić information content (AvgIpc) is 3.36. The summed E-state index contributed by atoms with van der Waals surface area (Å²) in [5.41, 5.74) is 2.52. The Bertz CT molecular complexity index is 1040. The van der Waals surface area contributed by atoms with Gasteiger partial charge < -0.3 is 9.88 Å². The molecule has 31 heavy (non-hydrogen) atoms. The van der Waals surface area contributed by atoms with Gasteiger partial charge in [-0.15, -0.1) is 11.3 Å². The first kappa shape index (κ1) is 23.0. The van der Waals surface area contributed by atoms with Gasteiger partial charge in [-0.2, -0.15) is 5.26 Å². The zero-order chi connectivity index (χ0) is 22.4. The van der Waals surface area contributed by atoms with Crippen molar-refractivity contribution in [2.75, 3.05) is 0 Å². The molecule has 0 fully saturated rings.